The summed E-state index contributed by atoms with van der Waals surface area (Å²) in [5.74, 6) is 0.275. The molecule has 1 heterocycles. The van der Waals surface area contributed by atoms with Gasteiger partial charge in [-0.05, 0) is 29.2 Å². The maximum atomic E-state index is 9.82. The Morgan fingerprint density at radius 3 is 2.50 bits per heavy atom. The number of rotatable bonds is 1. The van der Waals surface area contributed by atoms with Gasteiger partial charge in [-0.2, -0.15) is 5.10 Å². The highest BCUT2D eigenvalue weighted by atomic mass is 16.3. The lowest BCUT2D eigenvalue weighted by Crippen LogP contribution is -2.10. The van der Waals surface area contributed by atoms with Crippen LogP contribution in [-0.4, -0.2) is 15.3 Å². The summed E-state index contributed by atoms with van der Waals surface area (Å²) in [6, 6.07) is 7.54. The molecule has 1 aromatic carbocycles. The lowest BCUT2D eigenvalue weighted by atomic mass is 9.86. The van der Waals surface area contributed by atoms with Crippen LogP contribution < -0.4 is 0 Å². The number of aromatic hydroxyl groups is 1. The zero-order chi connectivity index (χ0) is 11.8. The predicted octanol–water partition coefficient (Wildman–Crippen LogP) is 3.08. The minimum absolute atomic E-state index is 0.0719. The van der Waals surface area contributed by atoms with E-state index in [0.717, 1.165) is 11.3 Å². The van der Waals surface area contributed by atoms with Crippen molar-refractivity contribution in [1.82, 2.24) is 10.2 Å². The topological polar surface area (TPSA) is 48.9 Å². The van der Waals surface area contributed by atoms with Gasteiger partial charge in [0.25, 0.3) is 0 Å². The van der Waals surface area contributed by atoms with Gasteiger partial charge >= 0.3 is 0 Å². The van der Waals surface area contributed by atoms with Crippen molar-refractivity contribution in [2.75, 3.05) is 0 Å². The van der Waals surface area contributed by atoms with E-state index in [1.165, 1.54) is 5.56 Å². The van der Waals surface area contributed by atoms with Crippen LogP contribution in [0.4, 0.5) is 0 Å². The summed E-state index contributed by atoms with van der Waals surface area (Å²) in [7, 11) is 0. The van der Waals surface area contributed by atoms with Crippen LogP contribution in [0.5, 0.6) is 5.75 Å². The molecule has 2 aromatic rings. The van der Waals surface area contributed by atoms with Gasteiger partial charge in [-0.3, -0.25) is 5.10 Å². The van der Waals surface area contributed by atoms with Crippen LogP contribution in [0.2, 0.25) is 0 Å². The molecule has 0 aliphatic heterocycles. The third-order valence-corrected chi connectivity index (χ3v) is 2.65. The molecule has 2 rings (SSSR count). The van der Waals surface area contributed by atoms with Crippen LogP contribution in [-0.2, 0) is 5.41 Å². The van der Waals surface area contributed by atoms with Crippen LogP contribution in [0.1, 0.15) is 26.3 Å². The third-order valence-electron chi connectivity index (χ3n) is 2.65. The third kappa shape index (κ3) is 1.94. The molecule has 3 heteroatoms. The fourth-order valence-electron chi connectivity index (χ4n) is 1.62. The van der Waals surface area contributed by atoms with E-state index in [4.69, 9.17) is 0 Å². The van der Waals surface area contributed by atoms with E-state index >= 15 is 0 Å². The van der Waals surface area contributed by atoms with E-state index in [9.17, 15) is 5.11 Å². The first kappa shape index (κ1) is 10.7. The molecule has 0 aliphatic rings. The molecule has 0 atom stereocenters. The summed E-state index contributed by atoms with van der Waals surface area (Å²) < 4.78 is 0. The van der Waals surface area contributed by atoms with E-state index in [1.807, 2.05) is 18.2 Å². The predicted molar refractivity (Wildman–Crippen MR) is 64.4 cm³/mol. The van der Waals surface area contributed by atoms with Gasteiger partial charge in [0, 0.05) is 11.8 Å². The molecular formula is C13H16N2O. The molecule has 2 N–H and O–H groups in total. The number of nitrogens with zero attached hydrogens (tertiary/aromatic N) is 1. The number of benzene rings is 1. The molecule has 1 aromatic heterocycles. The second-order valence-corrected chi connectivity index (χ2v) is 4.95. The smallest absolute Gasteiger partial charge is 0.124 e. The molecule has 0 fully saturated rings. The zero-order valence-electron chi connectivity index (χ0n) is 9.78. The zero-order valence-corrected chi connectivity index (χ0v) is 9.78. The van der Waals surface area contributed by atoms with Crippen molar-refractivity contribution in [3.63, 3.8) is 0 Å². The van der Waals surface area contributed by atoms with Gasteiger partial charge in [-0.25, -0.2) is 0 Å². The number of hydrogen-bond acceptors (Lipinski definition) is 2. The first-order chi connectivity index (χ1) is 7.48. The highest BCUT2D eigenvalue weighted by Gasteiger charge is 2.16. The van der Waals surface area contributed by atoms with Gasteiger partial charge in [0.15, 0.2) is 0 Å². The molecule has 16 heavy (non-hydrogen) atoms. The second kappa shape index (κ2) is 3.67. The average Bonchev–Trinajstić information content (AvgIpc) is 2.69. The average molecular weight is 216 g/mol. The summed E-state index contributed by atoms with van der Waals surface area (Å²) in [6.07, 6.45) is 1.68. The Hall–Kier alpha value is -1.77. The van der Waals surface area contributed by atoms with E-state index in [2.05, 4.69) is 31.0 Å². The van der Waals surface area contributed by atoms with Crippen molar-refractivity contribution in [3.05, 3.63) is 36.0 Å². The van der Waals surface area contributed by atoms with Crippen molar-refractivity contribution >= 4 is 0 Å². The number of aromatic amines is 1. The largest absolute Gasteiger partial charge is 0.507 e. The van der Waals surface area contributed by atoms with E-state index in [1.54, 1.807) is 12.3 Å². The van der Waals surface area contributed by atoms with Crippen LogP contribution in [0, 0.1) is 0 Å². The normalized spacial score (nSPS) is 11.7. The molecule has 0 aliphatic carbocycles. The van der Waals surface area contributed by atoms with Gasteiger partial charge in [-0.15, -0.1) is 0 Å². The standard InChI is InChI=1S/C13H16N2O/c1-13(2,3)9-4-5-12(16)10(8-9)11-6-7-14-15-11/h4-8,16H,1-3H3,(H,14,15). The molecule has 84 valence electrons. The van der Waals surface area contributed by atoms with E-state index in [0.29, 0.717) is 0 Å². The molecule has 0 unspecified atom stereocenters. The first-order valence-corrected chi connectivity index (χ1v) is 5.32. The number of nitrogens with one attached hydrogen (secondary N) is 1. The minimum Gasteiger partial charge on any atom is -0.507 e. The van der Waals surface area contributed by atoms with E-state index in [-0.39, 0.29) is 11.2 Å². The van der Waals surface area contributed by atoms with Crippen LogP contribution in [0.3, 0.4) is 0 Å². The second-order valence-electron chi connectivity index (χ2n) is 4.95. The molecule has 0 radical (unpaired) electrons. The number of phenols is 1. The van der Waals surface area contributed by atoms with E-state index < -0.39 is 0 Å². The van der Waals surface area contributed by atoms with Gasteiger partial charge in [0.1, 0.15) is 5.75 Å². The number of phenolic OH excluding ortho intramolecular Hbond substituents is 1. The molecule has 0 amide bonds. The van der Waals surface area contributed by atoms with Crippen molar-refractivity contribution in [3.8, 4) is 17.0 Å². The van der Waals surface area contributed by atoms with Crippen molar-refractivity contribution in [1.29, 1.82) is 0 Å². The Balaban J connectivity index is 2.54. The summed E-state index contributed by atoms with van der Waals surface area (Å²) in [5.41, 5.74) is 2.89. The Bertz CT molecular complexity index is 481. The van der Waals surface area contributed by atoms with Gasteiger partial charge in [-0.1, -0.05) is 26.8 Å². The summed E-state index contributed by atoms with van der Waals surface area (Å²) >= 11 is 0. The summed E-state index contributed by atoms with van der Waals surface area (Å²) in [5, 5.41) is 16.6. The lowest BCUT2D eigenvalue weighted by molar-refractivity contribution is 0.476. The van der Waals surface area contributed by atoms with Gasteiger partial charge in [0.2, 0.25) is 0 Å². The molecular weight excluding hydrogens is 200 g/mol. The maximum absolute atomic E-state index is 9.82. The van der Waals surface area contributed by atoms with Gasteiger partial charge in [0.05, 0.1) is 5.69 Å². The van der Waals surface area contributed by atoms with Crippen molar-refractivity contribution in [2.24, 2.45) is 0 Å². The Kier molecular flexibility index (Phi) is 2.46. The highest BCUT2D eigenvalue weighted by molar-refractivity contribution is 5.67. The Morgan fingerprint density at radius 1 is 1.19 bits per heavy atom. The van der Waals surface area contributed by atoms with Gasteiger partial charge < -0.3 is 5.11 Å². The summed E-state index contributed by atoms with van der Waals surface area (Å²) in [6.45, 7) is 6.45. The fraction of sp³-hybridized carbons (Fsp3) is 0.308. The van der Waals surface area contributed by atoms with Crippen LogP contribution in [0.15, 0.2) is 30.5 Å². The van der Waals surface area contributed by atoms with Crippen molar-refractivity contribution in [2.45, 2.75) is 26.2 Å². The maximum Gasteiger partial charge on any atom is 0.124 e. The molecule has 0 saturated carbocycles. The molecule has 3 nitrogen and oxygen atoms in total. The first-order valence-electron chi connectivity index (χ1n) is 5.32. The fourth-order valence-corrected chi connectivity index (χ4v) is 1.62. The molecule has 0 saturated heterocycles. The highest BCUT2D eigenvalue weighted by Crippen LogP contribution is 2.32. The monoisotopic (exact) mass is 216 g/mol. The SMILES string of the molecule is CC(C)(C)c1ccc(O)c(-c2ccn[nH]2)c1. The molecule has 0 bridgehead atoms. The Labute approximate surface area is 95.1 Å². The van der Waals surface area contributed by atoms with Crippen LogP contribution >= 0.6 is 0 Å². The number of H-pyrrole nitrogens is 1. The van der Waals surface area contributed by atoms with Crippen molar-refractivity contribution < 1.29 is 5.11 Å². The number of aromatic nitrogens is 2. The summed E-state index contributed by atoms with van der Waals surface area (Å²) in [4.78, 5) is 0. The minimum atomic E-state index is 0.0719. The lowest BCUT2D eigenvalue weighted by Gasteiger charge is -2.20. The Morgan fingerprint density at radius 2 is 1.94 bits per heavy atom. The molecule has 0 spiro atoms. The van der Waals surface area contributed by atoms with Crippen LogP contribution in [0.25, 0.3) is 11.3 Å². The number of hydrogen-bond donors (Lipinski definition) is 2. The quantitative estimate of drug-likeness (QED) is 0.769.